The fourth-order valence-corrected chi connectivity index (χ4v) is 3.57. The van der Waals surface area contributed by atoms with Crippen molar-refractivity contribution >= 4 is 17.6 Å². The summed E-state index contributed by atoms with van der Waals surface area (Å²) in [5, 5.41) is 7.32. The monoisotopic (exact) mass is 318 g/mol. The number of rotatable bonds is 5. The number of nitrogens with zero attached hydrogens (tertiary/aromatic N) is 3. The topological polar surface area (TPSA) is 67.2 Å². The lowest BCUT2D eigenvalue weighted by molar-refractivity contribution is -0.131. The lowest BCUT2D eigenvalue weighted by atomic mass is 10.2. The van der Waals surface area contributed by atoms with E-state index < -0.39 is 0 Å². The van der Waals surface area contributed by atoms with Crippen LogP contribution in [0.3, 0.4) is 0 Å². The van der Waals surface area contributed by atoms with Crippen LogP contribution in [0.15, 0.2) is 12.3 Å². The minimum absolute atomic E-state index is 0.0400. The van der Waals surface area contributed by atoms with Crippen LogP contribution in [0, 0.1) is 0 Å². The molecule has 2 amide bonds. The van der Waals surface area contributed by atoms with Gasteiger partial charge >= 0.3 is 0 Å². The predicted octanol–water partition coefficient (Wildman–Crippen LogP) is 2.73. The van der Waals surface area contributed by atoms with Gasteiger partial charge < -0.3 is 10.2 Å². The maximum Gasteiger partial charge on any atom is 0.227 e. The largest absolute Gasteiger partial charge is 0.342 e. The van der Waals surface area contributed by atoms with E-state index in [9.17, 15) is 9.59 Å². The first-order chi connectivity index (χ1) is 11.2. The van der Waals surface area contributed by atoms with Crippen molar-refractivity contribution < 1.29 is 9.59 Å². The van der Waals surface area contributed by atoms with Gasteiger partial charge in [0.25, 0.3) is 0 Å². The van der Waals surface area contributed by atoms with Gasteiger partial charge in [0.2, 0.25) is 11.8 Å². The molecule has 1 aliphatic heterocycles. The summed E-state index contributed by atoms with van der Waals surface area (Å²) in [6.07, 6.45) is 10.6. The number of aromatic nitrogens is 2. The highest BCUT2D eigenvalue weighted by Gasteiger charge is 2.21. The molecule has 3 rings (SSSR count). The number of amides is 2. The summed E-state index contributed by atoms with van der Waals surface area (Å²) in [6, 6.07) is 2.26. The molecule has 0 bridgehead atoms. The minimum Gasteiger partial charge on any atom is -0.342 e. The minimum atomic E-state index is -0.0400. The molecule has 1 aromatic rings. The molecule has 2 aliphatic rings. The third-order valence-electron chi connectivity index (χ3n) is 4.89. The van der Waals surface area contributed by atoms with Crippen molar-refractivity contribution in [1.29, 1.82) is 0 Å². The van der Waals surface area contributed by atoms with Gasteiger partial charge in [0, 0.05) is 32.0 Å². The van der Waals surface area contributed by atoms with Gasteiger partial charge in [-0.05, 0) is 25.7 Å². The Morgan fingerprint density at radius 1 is 1.22 bits per heavy atom. The third kappa shape index (κ3) is 4.12. The first kappa shape index (κ1) is 16.0. The van der Waals surface area contributed by atoms with Crippen molar-refractivity contribution in [3.63, 3.8) is 0 Å². The molecule has 6 nitrogen and oxygen atoms in total. The second-order valence-corrected chi connectivity index (χ2v) is 6.59. The maximum absolute atomic E-state index is 12.2. The molecule has 1 saturated heterocycles. The molecule has 1 N–H and O–H groups in total. The zero-order valence-corrected chi connectivity index (χ0v) is 13.7. The number of hydrogen-bond donors (Lipinski definition) is 1. The molecule has 0 unspecified atom stereocenters. The summed E-state index contributed by atoms with van der Waals surface area (Å²) in [7, 11) is 0. The second-order valence-electron chi connectivity index (χ2n) is 6.59. The zero-order chi connectivity index (χ0) is 16.1. The molecular weight excluding hydrogens is 292 g/mol. The van der Waals surface area contributed by atoms with E-state index in [1.807, 2.05) is 15.6 Å². The van der Waals surface area contributed by atoms with Crippen molar-refractivity contribution in [2.24, 2.45) is 0 Å². The van der Waals surface area contributed by atoms with Crippen molar-refractivity contribution in [2.75, 3.05) is 18.4 Å². The van der Waals surface area contributed by atoms with E-state index >= 15 is 0 Å². The average Bonchev–Trinajstić information content (AvgIpc) is 3.16. The third-order valence-corrected chi connectivity index (χ3v) is 4.89. The van der Waals surface area contributed by atoms with Gasteiger partial charge in [0.05, 0.1) is 12.2 Å². The Hall–Kier alpha value is -1.85. The highest BCUT2D eigenvalue weighted by Crippen LogP contribution is 2.31. The highest BCUT2D eigenvalue weighted by molar-refractivity contribution is 5.90. The molecule has 2 fully saturated rings. The van der Waals surface area contributed by atoms with Crippen molar-refractivity contribution in [3.05, 3.63) is 12.3 Å². The van der Waals surface area contributed by atoms with E-state index in [1.165, 1.54) is 12.8 Å². The Balaban J connectivity index is 1.51. The van der Waals surface area contributed by atoms with Crippen LogP contribution in [0.25, 0.3) is 0 Å². The predicted molar refractivity (Wildman–Crippen MR) is 88.0 cm³/mol. The Labute approximate surface area is 137 Å². The molecule has 126 valence electrons. The van der Waals surface area contributed by atoms with Gasteiger partial charge in [-0.1, -0.05) is 19.3 Å². The molecule has 1 aliphatic carbocycles. The van der Waals surface area contributed by atoms with Gasteiger partial charge in [-0.3, -0.25) is 9.59 Å². The average molecular weight is 318 g/mol. The van der Waals surface area contributed by atoms with Crippen LogP contribution in [0.4, 0.5) is 5.82 Å². The second kappa shape index (κ2) is 7.62. The molecule has 1 aromatic heterocycles. The lowest BCUT2D eigenvalue weighted by Crippen LogP contribution is -2.33. The van der Waals surface area contributed by atoms with Gasteiger partial charge in [0.15, 0.2) is 0 Å². The normalized spacial score (nSPS) is 19.8. The molecule has 1 saturated carbocycles. The molecule has 0 aromatic carbocycles. The van der Waals surface area contributed by atoms with Gasteiger partial charge in [0.1, 0.15) is 5.82 Å². The number of hydrogen-bond acceptors (Lipinski definition) is 3. The summed E-state index contributed by atoms with van der Waals surface area (Å²) >= 11 is 0. The Bertz CT molecular complexity index is 549. The summed E-state index contributed by atoms with van der Waals surface area (Å²) in [5.74, 6) is 0.928. The number of carbonyl (C=O) groups excluding carboxylic acids is 2. The number of nitrogens with one attached hydrogen (secondary N) is 1. The van der Waals surface area contributed by atoms with Crippen LogP contribution in [0.5, 0.6) is 0 Å². The molecule has 0 atom stereocenters. The van der Waals surface area contributed by atoms with Gasteiger partial charge in [-0.25, -0.2) is 4.68 Å². The summed E-state index contributed by atoms with van der Waals surface area (Å²) in [5.41, 5.74) is 0. The summed E-state index contributed by atoms with van der Waals surface area (Å²) < 4.78 is 1.95. The number of likely N-dealkylation sites (tertiary alicyclic amines) is 1. The first-order valence-electron chi connectivity index (χ1n) is 8.85. The van der Waals surface area contributed by atoms with E-state index in [4.69, 9.17) is 0 Å². The molecule has 6 heteroatoms. The smallest absolute Gasteiger partial charge is 0.227 e. The summed E-state index contributed by atoms with van der Waals surface area (Å²) in [6.45, 7) is 1.30. The Kier molecular flexibility index (Phi) is 5.31. The summed E-state index contributed by atoms with van der Waals surface area (Å²) in [4.78, 5) is 26.0. The van der Waals surface area contributed by atoms with Gasteiger partial charge in [-0.2, -0.15) is 5.10 Å². The number of anilines is 1. The van der Waals surface area contributed by atoms with Crippen LogP contribution >= 0.6 is 0 Å². The SMILES string of the molecule is O=C(CCN1CCCCCC1=O)Nc1ccnn1C1CCCC1. The molecule has 0 spiro atoms. The molecule has 0 radical (unpaired) electrons. The van der Waals surface area contributed by atoms with E-state index in [2.05, 4.69) is 10.4 Å². The quantitative estimate of drug-likeness (QED) is 0.907. The van der Waals surface area contributed by atoms with E-state index in [1.54, 1.807) is 6.20 Å². The van der Waals surface area contributed by atoms with Crippen molar-refractivity contribution in [1.82, 2.24) is 14.7 Å². The van der Waals surface area contributed by atoms with E-state index in [0.717, 1.165) is 44.5 Å². The van der Waals surface area contributed by atoms with Crippen molar-refractivity contribution in [3.8, 4) is 0 Å². The van der Waals surface area contributed by atoms with Crippen LogP contribution < -0.4 is 5.32 Å². The van der Waals surface area contributed by atoms with E-state index in [0.29, 0.717) is 25.4 Å². The number of carbonyl (C=O) groups is 2. The van der Waals surface area contributed by atoms with Crippen LogP contribution in [0.2, 0.25) is 0 Å². The van der Waals surface area contributed by atoms with Gasteiger partial charge in [-0.15, -0.1) is 0 Å². The van der Waals surface area contributed by atoms with Crippen molar-refractivity contribution in [2.45, 2.75) is 63.8 Å². The van der Waals surface area contributed by atoms with E-state index in [-0.39, 0.29) is 11.8 Å². The molecule has 2 heterocycles. The fourth-order valence-electron chi connectivity index (χ4n) is 3.57. The fraction of sp³-hybridized carbons (Fsp3) is 0.706. The Morgan fingerprint density at radius 3 is 2.87 bits per heavy atom. The molecule has 23 heavy (non-hydrogen) atoms. The van der Waals surface area contributed by atoms with Crippen LogP contribution in [-0.2, 0) is 9.59 Å². The lowest BCUT2D eigenvalue weighted by Gasteiger charge is -2.20. The standard InChI is InChI=1S/C17H26N4O2/c22-16(10-13-20-12-5-1-2-8-17(20)23)19-15-9-11-18-21(15)14-6-3-4-7-14/h9,11,14H,1-8,10,12-13H2,(H,19,22). The molecular formula is C17H26N4O2. The Morgan fingerprint density at radius 2 is 2.04 bits per heavy atom. The zero-order valence-electron chi connectivity index (χ0n) is 13.7. The van der Waals surface area contributed by atoms with Crippen LogP contribution in [0.1, 0.15) is 63.8 Å². The maximum atomic E-state index is 12.2. The van der Waals surface area contributed by atoms with Crippen LogP contribution in [-0.4, -0.2) is 39.6 Å². The first-order valence-corrected chi connectivity index (χ1v) is 8.85. The highest BCUT2D eigenvalue weighted by atomic mass is 16.2.